The molecule has 0 saturated carbocycles. The Hall–Kier alpha value is 0.0401. The van der Waals surface area contributed by atoms with Crippen LogP contribution < -0.4 is 0 Å². The first-order valence-electron chi connectivity index (χ1n) is 3.02. The zero-order valence-corrected chi connectivity index (χ0v) is 10.5. The molecule has 1 atom stereocenters. The van der Waals surface area contributed by atoms with E-state index in [-0.39, 0.29) is 37.4 Å². The van der Waals surface area contributed by atoms with Gasteiger partial charge in [0, 0.05) is 39.0 Å². The Morgan fingerprint density at radius 2 is 2.09 bits per heavy atom. The molecule has 0 spiro atoms. The quantitative estimate of drug-likeness (QED) is 0.480. The number of carbonyl (C=O) groups excluding carboxylic acids is 1. The van der Waals surface area contributed by atoms with Crippen molar-refractivity contribution in [3.63, 3.8) is 0 Å². The fourth-order valence-electron chi connectivity index (χ4n) is 0.446. The Bertz CT molecular complexity index is 154. The smallest absolute Gasteiger partial charge is 0.156 e. The van der Waals surface area contributed by atoms with Gasteiger partial charge >= 0.3 is 0 Å². The summed E-state index contributed by atoms with van der Waals surface area (Å²) in [4.78, 5) is 10.4. The van der Waals surface area contributed by atoms with E-state index < -0.39 is 6.10 Å². The van der Waals surface area contributed by atoms with E-state index in [2.05, 4.69) is 0 Å². The third-order valence-electron chi connectivity index (χ3n) is 1.12. The maximum atomic E-state index is 10.4. The molecule has 0 aliphatic rings. The van der Waals surface area contributed by atoms with Gasteiger partial charge in [0.05, 0.1) is 0 Å². The van der Waals surface area contributed by atoms with Crippen LogP contribution in [-0.4, -0.2) is 24.1 Å². The van der Waals surface area contributed by atoms with Crippen molar-refractivity contribution in [1.82, 2.24) is 0 Å². The van der Waals surface area contributed by atoms with Gasteiger partial charge in [-0.2, -0.15) is 0 Å². The normalized spacial score (nSPS) is 13.5. The number of hydrogen-bond acceptors (Lipinski definition) is 3. The molecule has 0 aliphatic carbocycles. The van der Waals surface area contributed by atoms with Crippen molar-refractivity contribution in [2.45, 2.75) is 20.0 Å². The van der Waals surface area contributed by atoms with Crippen LogP contribution in [0.2, 0.25) is 0 Å². The SMILES string of the molecule is COC(C)/C(O)=C/C(C)=O.[Hf]. The van der Waals surface area contributed by atoms with Crippen LogP contribution in [0.1, 0.15) is 13.8 Å². The Morgan fingerprint density at radius 3 is 2.36 bits per heavy atom. The van der Waals surface area contributed by atoms with Gasteiger partial charge in [-0.05, 0) is 13.8 Å². The van der Waals surface area contributed by atoms with Crippen LogP contribution in [0.25, 0.3) is 0 Å². The summed E-state index contributed by atoms with van der Waals surface area (Å²) in [6, 6.07) is 0. The van der Waals surface area contributed by atoms with Crippen LogP contribution in [0.15, 0.2) is 11.8 Å². The van der Waals surface area contributed by atoms with E-state index in [1.165, 1.54) is 14.0 Å². The zero-order valence-electron chi connectivity index (χ0n) is 6.92. The van der Waals surface area contributed by atoms with Crippen molar-refractivity contribution in [3.8, 4) is 0 Å². The summed E-state index contributed by atoms with van der Waals surface area (Å²) >= 11 is 0. The summed E-state index contributed by atoms with van der Waals surface area (Å²) in [6.07, 6.45) is 0.748. The van der Waals surface area contributed by atoms with Gasteiger partial charge in [-0.15, -0.1) is 0 Å². The van der Waals surface area contributed by atoms with Gasteiger partial charge in [0.15, 0.2) is 5.78 Å². The van der Waals surface area contributed by atoms with Gasteiger partial charge in [-0.1, -0.05) is 0 Å². The van der Waals surface area contributed by atoms with Gasteiger partial charge in [-0.3, -0.25) is 4.79 Å². The molecule has 0 fully saturated rings. The summed E-state index contributed by atoms with van der Waals surface area (Å²) in [7, 11) is 1.47. The Balaban J connectivity index is 0. The molecule has 1 N–H and O–H groups in total. The molecule has 0 radical (unpaired) electrons. The molecule has 0 aromatic heterocycles. The van der Waals surface area contributed by atoms with Crippen molar-refractivity contribution < 1.29 is 40.5 Å². The van der Waals surface area contributed by atoms with Gasteiger partial charge in [-0.25, -0.2) is 0 Å². The number of carbonyl (C=O) groups is 1. The number of rotatable bonds is 3. The minimum absolute atomic E-state index is 0. The molecule has 62 valence electrons. The fraction of sp³-hybridized carbons (Fsp3) is 0.571. The standard InChI is InChI=1S/C7H12O3.Hf/c1-5(8)4-7(9)6(2)10-3;/h4,6,9H,1-3H3;/b7-4-;. The van der Waals surface area contributed by atoms with E-state index in [0.29, 0.717) is 0 Å². The van der Waals surface area contributed by atoms with E-state index in [9.17, 15) is 4.79 Å². The monoisotopic (exact) mass is 324 g/mol. The van der Waals surface area contributed by atoms with Gasteiger partial charge in [0.2, 0.25) is 0 Å². The second-order valence-electron chi connectivity index (χ2n) is 2.06. The van der Waals surface area contributed by atoms with Crippen molar-refractivity contribution in [3.05, 3.63) is 11.8 Å². The molecule has 4 heteroatoms. The van der Waals surface area contributed by atoms with E-state index in [4.69, 9.17) is 9.84 Å². The third-order valence-corrected chi connectivity index (χ3v) is 1.12. The van der Waals surface area contributed by atoms with Gasteiger partial charge in [0.25, 0.3) is 0 Å². The molecule has 1 unspecified atom stereocenters. The van der Waals surface area contributed by atoms with E-state index >= 15 is 0 Å². The summed E-state index contributed by atoms with van der Waals surface area (Å²) in [5.41, 5.74) is 0. The molecule has 0 aliphatic heterocycles. The maximum Gasteiger partial charge on any atom is 0.156 e. The van der Waals surface area contributed by atoms with Crippen LogP contribution >= 0.6 is 0 Å². The van der Waals surface area contributed by atoms with Crippen LogP contribution in [0.3, 0.4) is 0 Å². The molecule has 0 heterocycles. The average molecular weight is 323 g/mol. The van der Waals surface area contributed by atoms with E-state index in [1.807, 2.05) is 0 Å². The molecule has 0 aromatic rings. The first kappa shape index (κ1) is 13.6. The predicted molar refractivity (Wildman–Crippen MR) is 37.9 cm³/mol. The second kappa shape index (κ2) is 6.73. The van der Waals surface area contributed by atoms with Gasteiger partial charge < -0.3 is 9.84 Å². The minimum atomic E-state index is -0.399. The number of hydrogen-bond donors (Lipinski definition) is 1. The minimum Gasteiger partial charge on any atom is -0.509 e. The number of ketones is 1. The molecular weight excluding hydrogens is 311 g/mol. The molecule has 3 nitrogen and oxygen atoms in total. The van der Waals surface area contributed by atoms with Crippen molar-refractivity contribution >= 4 is 5.78 Å². The number of aliphatic hydroxyl groups is 1. The summed E-state index contributed by atoms with van der Waals surface area (Å²) in [5.74, 6) is -0.212. The molecule has 0 aromatic carbocycles. The van der Waals surface area contributed by atoms with Crippen LogP contribution in [0, 0.1) is 0 Å². The molecule has 0 rings (SSSR count). The van der Waals surface area contributed by atoms with Crippen molar-refractivity contribution in [1.29, 1.82) is 0 Å². The van der Waals surface area contributed by atoms with E-state index in [1.54, 1.807) is 6.92 Å². The van der Waals surface area contributed by atoms with Crippen LogP contribution in [0.5, 0.6) is 0 Å². The largest absolute Gasteiger partial charge is 0.509 e. The third kappa shape index (κ3) is 6.44. The molecule has 0 saturated heterocycles. The van der Waals surface area contributed by atoms with Crippen LogP contribution in [-0.2, 0) is 35.4 Å². The first-order valence-corrected chi connectivity index (χ1v) is 3.02. The zero-order chi connectivity index (χ0) is 8.15. The second-order valence-corrected chi connectivity index (χ2v) is 2.06. The van der Waals surface area contributed by atoms with Crippen LogP contribution in [0.4, 0.5) is 0 Å². The maximum absolute atomic E-state index is 10.4. The first-order chi connectivity index (χ1) is 4.57. The van der Waals surface area contributed by atoms with Crippen molar-refractivity contribution in [2.24, 2.45) is 0 Å². The van der Waals surface area contributed by atoms with E-state index in [0.717, 1.165) is 6.08 Å². The average Bonchev–Trinajstić information content (AvgIpc) is 1.85. The number of aliphatic hydroxyl groups excluding tert-OH is 1. The Morgan fingerprint density at radius 1 is 1.64 bits per heavy atom. The summed E-state index contributed by atoms with van der Waals surface area (Å²) < 4.78 is 4.74. The molecule has 0 bridgehead atoms. The Labute approximate surface area is 85.2 Å². The number of allylic oxidation sites excluding steroid dienone is 1. The summed E-state index contributed by atoms with van der Waals surface area (Å²) in [6.45, 7) is 3.04. The number of ether oxygens (including phenoxy) is 1. The van der Waals surface area contributed by atoms with Crippen molar-refractivity contribution in [2.75, 3.05) is 7.11 Å². The Kier molecular flexibility index (Phi) is 8.33. The predicted octanol–water partition coefficient (Wildman–Crippen LogP) is 1.05. The topological polar surface area (TPSA) is 46.5 Å². The fourth-order valence-corrected chi connectivity index (χ4v) is 0.446. The summed E-state index contributed by atoms with van der Waals surface area (Å²) in [5, 5.41) is 9.00. The molecular formula is C7H12HfO3. The molecule has 0 amide bonds. The number of methoxy groups -OCH3 is 1. The molecule has 11 heavy (non-hydrogen) atoms. The van der Waals surface area contributed by atoms with Gasteiger partial charge in [0.1, 0.15) is 11.9 Å².